The summed E-state index contributed by atoms with van der Waals surface area (Å²) in [6.07, 6.45) is 8.29. The Balaban J connectivity index is 1.61. The molecule has 4 N–H and O–H groups in total. The van der Waals surface area contributed by atoms with E-state index in [-0.39, 0.29) is 42.9 Å². The van der Waals surface area contributed by atoms with Crippen molar-refractivity contribution in [1.82, 2.24) is 15.6 Å². The third kappa shape index (κ3) is 12.2. The van der Waals surface area contributed by atoms with Gasteiger partial charge >= 0.3 is 0 Å². The van der Waals surface area contributed by atoms with Gasteiger partial charge < -0.3 is 24.8 Å². The number of pyridine rings is 1. The summed E-state index contributed by atoms with van der Waals surface area (Å²) in [5.74, 6) is 0.787. The fraction of sp³-hybridized carbons (Fsp3) is 0.270. The topological polar surface area (TPSA) is 214 Å². The Morgan fingerprint density at radius 1 is 0.907 bits per heavy atom. The van der Waals surface area contributed by atoms with Gasteiger partial charge in [-0.3, -0.25) is 18.9 Å². The molecule has 0 aliphatic carbocycles. The number of hydrogen-bond donors (Lipinski definition) is 4. The highest BCUT2D eigenvalue weighted by Crippen LogP contribution is 2.36. The van der Waals surface area contributed by atoms with Crippen LogP contribution in [0, 0.1) is 37.5 Å². The van der Waals surface area contributed by atoms with Crippen LogP contribution in [0.4, 0.5) is 0 Å². The van der Waals surface area contributed by atoms with E-state index >= 15 is 0 Å². The number of benzene rings is 3. The lowest BCUT2D eigenvalue weighted by Crippen LogP contribution is -2.48. The standard InChI is InChI=1S/C37H37ClN4O10S2/c1-4-12-50-34-10-6-9-31(25(34)3)30-8-5-7-28(24(30)2)22-52-36-16-35(51-21-27-14-26(17-39)18-40-19-27)29(15-32(36)38)20-42-33(23-54(47,48)49)37(43)41-11-13-53(44,45)46/h1,5-10,14-16,18-19,33,42H,11-13,20-23H2,2-3H3,(H,41,43)(H,44,45,46)(H,47,48,49)/t33-/m0/s1. The van der Waals surface area contributed by atoms with Gasteiger partial charge in [-0.25, -0.2) is 0 Å². The lowest BCUT2D eigenvalue weighted by atomic mass is 9.93. The molecule has 0 saturated heterocycles. The molecule has 0 aliphatic rings. The highest BCUT2D eigenvalue weighted by atomic mass is 35.5. The van der Waals surface area contributed by atoms with Crippen LogP contribution in [0.25, 0.3) is 11.1 Å². The first kappa shape index (κ1) is 41.6. The molecule has 17 heteroatoms. The van der Waals surface area contributed by atoms with Crippen molar-refractivity contribution in [3.8, 4) is 46.8 Å². The average molecular weight is 797 g/mol. The number of amides is 1. The van der Waals surface area contributed by atoms with Gasteiger partial charge in [0.25, 0.3) is 20.2 Å². The summed E-state index contributed by atoms with van der Waals surface area (Å²) in [5, 5.41) is 14.4. The molecule has 0 aliphatic heterocycles. The van der Waals surface area contributed by atoms with Crippen molar-refractivity contribution in [2.24, 2.45) is 0 Å². The molecule has 0 unspecified atom stereocenters. The Labute approximate surface area is 318 Å². The minimum Gasteiger partial charge on any atom is -0.488 e. The number of nitriles is 1. The number of nitrogens with one attached hydrogen (secondary N) is 2. The molecule has 4 aromatic rings. The molecule has 0 fully saturated rings. The summed E-state index contributed by atoms with van der Waals surface area (Å²) in [6.45, 7) is 3.39. The second-order valence-corrected chi connectivity index (χ2v) is 15.4. The maximum atomic E-state index is 12.8. The first-order valence-electron chi connectivity index (χ1n) is 16.2. The Hall–Kier alpha value is -5.20. The summed E-state index contributed by atoms with van der Waals surface area (Å²) in [6, 6.07) is 16.6. The van der Waals surface area contributed by atoms with E-state index in [0.29, 0.717) is 22.4 Å². The van der Waals surface area contributed by atoms with Gasteiger partial charge in [-0.15, -0.1) is 6.42 Å². The molecule has 4 rings (SSSR count). The average Bonchev–Trinajstić information content (AvgIpc) is 3.11. The maximum absolute atomic E-state index is 12.8. The van der Waals surface area contributed by atoms with Crippen LogP contribution in [-0.2, 0) is 44.8 Å². The van der Waals surface area contributed by atoms with Crippen LogP contribution in [0.1, 0.15) is 33.4 Å². The second-order valence-electron chi connectivity index (χ2n) is 11.9. The van der Waals surface area contributed by atoms with Gasteiger partial charge in [0.1, 0.15) is 49.2 Å². The normalized spacial score (nSPS) is 11.9. The molecule has 284 valence electrons. The smallest absolute Gasteiger partial charge is 0.266 e. The van der Waals surface area contributed by atoms with Crippen LogP contribution < -0.4 is 24.8 Å². The lowest BCUT2D eigenvalue weighted by molar-refractivity contribution is -0.122. The molecule has 3 aromatic carbocycles. The van der Waals surface area contributed by atoms with Gasteiger partial charge in [0.05, 0.1) is 22.1 Å². The molecule has 0 saturated carbocycles. The first-order valence-corrected chi connectivity index (χ1v) is 19.8. The molecule has 0 spiro atoms. The molecule has 0 radical (unpaired) electrons. The molecule has 54 heavy (non-hydrogen) atoms. The fourth-order valence-corrected chi connectivity index (χ4v) is 6.61. The van der Waals surface area contributed by atoms with Crippen molar-refractivity contribution in [2.45, 2.75) is 39.6 Å². The van der Waals surface area contributed by atoms with Crippen LogP contribution >= 0.6 is 11.6 Å². The van der Waals surface area contributed by atoms with Crippen molar-refractivity contribution < 1.29 is 44.9 Å². The largest absolute Gasteiger partial charge is 0.488 e. The van der Waals surface area contributed by atoms with E-state index in [1.807, 2.05) is 56.3 Å². The number of halogens is 1. The van der Waals surface area contributed by atoms with Crippen molar-refractivity contribution >= 4 is 37.7 Å². The van der Waals surface area contributed by atoms with E-state index in [1.165, 1.54) is 24.5 Å². The lowest BCUT2D eigenvalue weighted by Gasteiger charge is -2.20. The van der Waals surface area contributed by atoms with Crippen LogP contribution in [-0.4, -0.2) is 67.5 Å². The molecule has 1 heterocycles. The Bertz CT molecular complexity index is 2310. The molecule has 0 bridgehead atoms. The zero-order chi connectivity index (χ0) is 39.5. The second kappa shape index (κ2) is 18.7. The third-order valence-electron chi connectivity index (χ3n) is 8.04. The molecule has 14 nitrogen and oxygen atoms in total. The fourth-order valence-electron chi connectivity index (χ4n) is 5.31. The monoisotopic (exact) mass is 796 g/mol. The van der Waals surface area contributed by atoms with Crippen LogP contribution in [0.3, 0.4) is 0 Å². The predicted octanol–water partition coefficient (Wildman–Crippen LogP) is 4.41. The summed E-state index contributed by atoms with van der Waals surface area (Å²) >= 11 is 6.69. The van der Waals surface area contributed by atoms with E-state index in [4.69, 9.17) is 36.8 Å². The SMILES string of the molecule is C#CCOc1cccc(-c2cccc(COc3cc(OCc4cncc(C#N)c4)c(CN[C@@H](CS(=O)(=O)O)C(=O)NCCS(=O)(=O)O)cc3Cl)c2C)c1C. The summed E-state index contributed by atoms with van der Waals surface area (Å²) in [4.78, 5) is 16.8. The van der Waals surface area contributed by atoms with Crippen molar-refractivity contribution in [3.63, 3.8) is 0 Å². The molecular weight excluding hydrogens is 760 g/mol. The predicted molar refractivity (Wildman–Crippen MR) is 201 cm³/mol. The van der Waals surface area contributed by atoms with Crippen LogP contribution in [0.15, 0.2) is 67.0 Å². The van der Waals surface area contributed by atoms with Crippen molar-refractivity contribution in [2.75, 3.05) is 24.7 Å². The maximum Gasteiger partial charge on any atom is 0.266 e. The number of terminal acetylenes is 1. The van der Waals surface area contributed by atoms with E-state index in [9.17, 15) is 31.4 Å². The van der Waals surface area contributed by atoms with Gasteiger partial charge in [-0.05, 0) is 59.9 Å². The summed E-state index contributed by atoms with van der Waals surface area (Å²) < 4.78 is 82.1. The van der Waals surface area contributed by atoms with Gasteiger partial charge in [0, 0.05) is 42.7 Å². The number of aromatic nitrogens is 1. The van der Waals surface area contributed by atoms with E-state index < -0.39 is 50.2 Å². The number of ether oxygens (including phenoxy) is 3. The zero-order valence-electron chi connectivity index (χ0n) is 29.2. The Kier molecular flexibility index (Phi) is 14.4. The first-order chi connectivity index (χ1) is 25.6. The van der Waals surface area contributed by atoms with Crippen molar-refractivity contribution in [3.05, 3.63) is 105 Å². The number of nitrogens with zero attached hydrogens (tertiary/aromatic N) is 2. The summed E-state index contributed by atoms with van der Waals surface area (Å²) in [5.41, 5.74) is 5.88. The number of carbonyl (C=O) groups excluding carboxylic acids is 1. The quantitative estimate of drug-likeness (QED) is 0.0813. The number of hydrogen-bond acceptors (Lipinski definition) is 11. The number of rotatable bonds is 18. The summed E-state index contributed by atoms with van der Waals surface area (Å²) in [7, 11) is -9.09. The Morgan fingerprint density at radius 2 is 1.61 bits per heavy atom. The van der Waals surface area contributed by atoms with Gasteiger partial charge in [0.15, 0.2) is 0 Å². The molecule has 1 atom stereocenters. The molecule has 1 aromatic heterocycles. The van der Waals surface area contributed by atoms with E-state index in [0.717, 1.165) is 27.8 Å². The highest BCUT2D eigenvalue weighted by Gasteiger charge is 2.25. The zero-order valence-corrected chi connectivity index (χ0v) is 31.6. The number of carbonyl (C=O) groups is 1. The van der Waals surface area contributed by atoms with Gasteiger partial charge in [-0.2, -0.15) is 22.1 Å². The van der Waals surface area contributed by atoms with Gasteiger partial charge in [-0.1, -0.05) is 47.9 Å². The third-order valence-corrected chi connectivity index (χ3v) is 9.81. The van der Waals surface area contributed by atoms with Crippen LogP contribution in [0.5, 0.6) is 17.2 Å². The van der Waals surface area contributed by atoms with Crippen molar-refractivity contribution in [1.29, 1.82) is 5.26 Å². The minimum absolute atomic E-state index is 0.0498. The molecule has 1 amide bonds. The highest BCUT2D eigenvalue weighted by molar-refractivity contribution is 7.86. The van der Waals surface area contributed by atoms with Crippen LogP contribution in [0.2, 0.25) is 5.02 Å². The van der Waals surface area contributed by atoms with Gasteiger partial charge in [0.2, 0.25) is 5.91 Å². The minimum atomic E-state index is -4.69. The Morgan fingerprint density at radius 3 is 2.30 bits per heavy atom. The molecular formula is C37H37ClN4O10S2. The van der Waals surface area contributed by atoms with E-state index in [1.54, 1.807) is 6.07 Å². The van der Waals surface area contributed by atoms with E-state index in [2.05, 4.69) is 21.5 Å².